The monoisotopic (exact) mass is 287 g/mol. The van der Waals surface area contributed by atoms with Crippen LogP contribution in [0.5, 0.6) is 0 Å². The third-order valence-corrected chi connectivity index (χ3v) is 3.42. The van der Waals surface area contributed by atoms with Crippen LogP contribution in [0.15, 0.2) is 10.8 Å². The molecule has 1 aliphatic rings. The zero-order valence-electron chi connectivity index (χ0n) is 11.5. The Hall–Kier alpha value is -1.07. The zero-order valence-corrected chi connectivity index (χ0v) is 12.3. The third-order valence-electron chi connectivity index (χ3n) is 3.42. The van der Waals surface area contributed by atoms with Gasteiger partial charge < -0.3 is 14.6 Å². The van der Waals surface area contributed by atoms with E-state index < -0.39 is 0 Å². The Morgan fingerprint density at radius 3 is 2.74 bits per heavy atom. The van der Waals surface area contributed by atoms with Crippen molar-refractivity contribution in [3.05, 3.63) is 17.8 Å². The molecular weight excluding hydrogens is 266 g/mol. The molecule has 2 rings (SSSR count). The van der Waals surface area contributed by atoms with Crippen molar-refractivity contribution in [1.82, 2.24) is 15.2 Å². The first-order chi connectivity index (χ1) is 8.74. The van der Waals surface area contributed by atoms with E-state index in [2.05, 4.69) is 17.2 Å². The van der Waals surface area contributed by atoms with E-state index in [1.54, 1.807) is 6.92 Å². The molecule has 0 unspecified atom stereocenters. The maximum atomic E-state index is 12.5. The fourth-order valence-corrected chi connectivity index (χ4v) is 2.46. The summed E-state index contributed by atoms with van der Waals surface area (Å²) < 4.78 is 5.13. The maximum Gasteiger partial charge on any atom is 0.276 e. The van der Waals surface area contributed by atoms with Gasteiger partial charge in [0, 0.05) is 12.6 Å². The molecule has 0 aromatic carbocycles. The molecule has 1 aromatic heterocycles. The summed E-state index contributed by atoms with van der Waals surface area (Å²) >= 11 is 0. The minimum atomic E-state index is 0. The van der Waals surface area contributed by atoms with Crippen molar-refractivity contribution in [2.75, 3.05) is 19.6 Å². The summed E-state index contributed by atoms with van der Waals surface area (Å²) in [6, 6.07) is 0.329. The number of halogens is 1. The van der Waals surface area contributed by atoms with Gasteiger partial charge in [0.1, 0.15) is 5.76 Å². The number of amides is 1. The molecule has 0 bridgehead atoms. The van der Waals surface area contributed by atoms with Crippen molar-refractivity contribution >= 4 is 18.3 Å². The lowest BCUT2D eigenvalue weighted by Crippen LogP contribution is -2.46. The summed E-state index contributed by atoms with van der Waals surface area (Å²) in [6.07, 6.45) is 4.34. The quantitative estimate of drug-likeness (QED) is 0.920. The van der Waals surface area contributed by atoms with Crippen LogP contribution in [0, 0.1) is 6.92 Å². The Morgan fingerprint density at radius 1 is 1.53 bits per heavy atom. The molecule has 1 amide bonds. The lowest BCUT2D eigenvalue weighted by atomic mass is 10.0. The van der Waals surface area contributed by atoms with E-state index in [9.17, 15) is 4.79 Å². The minimum Gasteiger partial charge on any atom is -0.448 e. The van der Waals surface area contributed by atoms with E-state index in [1.165, 1.54) is 6.39 Å². The van der Waals surface area contributed by atoms with Gasteiger partial charge in [-0.3, -0.25) is 4.79 Å². The molecule has 1 fully saturated rings. The molecular formula is C13H22ClN3O2. The number of hydrogen-bond acceptors (Lipinski definition) is 4. The van der Waals surface area contributed by atoms with E-state index in [0.717, 1.165) is 38.9 Å². The first kappa shape index (κ1) is 16.0. The van der Waals surface area contributed by atoms with Crippen LogP contribution < -0.4 is 5.32 Å². The predicted octanol–water partition coefficient (Wildman–Crippen LogP) is 2.01. The number of nitrogens with one attached hydrogen (secondary N) is 1. The highest BCUT2D eigenvalue weighted by molar-refractivity contribution is 5.93. The van der Waals surface area contributed by atoms with Crippen LogP contribution in [-0.2, 0) is 0 Å². The van der Waals surface area contributed by atoms with Crippen molar-refractivity contribution in [3.8, 4) is 0 Å². The van der Waals surface area contributed by atoms with Crippen molar-refractivity contribution in [1.29, 1.82) is 0 Å². The molecule has 5 nitrogen and oxygen atoms in total. The average molecular weight is 288 g/mol. The van der Waals surface area contributed by atoms with Gasteiger partial charge in [-0.15, -0.1) is 12.4 Å². The second-order valence-corrected chi connectivity index (χ2v) is 4.74. The summed E-state index contributed by atoms with van der Waals surface area (Å²) in [5.41, 5.74) is 0.460. The zero-order chi connectivity index (χ0) is 13.0. The molecule has 0 aliphatic carbocycles. The van der Waals surface area contributed by atoms with Gasteiger partial charge in [-0.2, -0.15) is 0 Å². The molecule has 2 heterocycles. The number of nitrogens with zero attached hydrogens (tertiary/aromatic N) is 2. The van der Waals surface area contributed by atoms with Crippen LogP contribution in [0.3, 0.4) is 0 Å². The predicted molar refractivity (Wildman–Crippen MR) is 75.7 cm³/mol. The van der Waals surface area contributed by atoms with Crippen LogP contribution in [0.4, 0.5) is 0 Å². The molecule has 1 saturated heterocycles. The van der Waals surface area contributed by atoms with E-state index in [4.69, 9.17) is 4.42 Å². The summed E-state index contributed by atoms with van der Waals surface area (Å²) in [5.74, 6) is 0.616. The summed E-state index contributed by atoms with van der Waals surface area (Å²) in [7, 11) is 0. The third kappa shape index (κ3) is 3.70. The highest BCUT2D eigenvalue weighted by Gasteiger charge is 2.28. The maximum absolute atomic E-state index is 12.5. The van der Waals surface area contributed by atoms with Gasteiger partial charge in [-0.05, 0) is 39.3 Å². The van der Waals surface area contributed by atoms with Crippen molar-refractivity contribution in [3.63, 3.8) is 0 Å². The molecule has 108 valence electrons. The second-order valence-electron chi connectivity index (χ2n) is 4.74. The fourth-order valence-electron chi connectivity index (χ4n) is 2.46. The summed E-state index contributed by atoms with van der Waals surface area (Å²) in [6.45, 7) is 6.63. The molecule has 1 N–H and O–H groups in total. The van der Waals surface area contributed by atoms with Crippen LogP contribution >= 0.6 is 12.4 Å². The van der Waals surface area contributed by atoms with Gasteiger partial charge in [0.25, 0.3) is 5.91 Å². The van der Waals surface area contributed by atoms with Crippen LogP contribution in [0.25, 0.3) is 0 Å². The molecule has 6 heteroatoms. The lowest BCUT2D eigenvalue weighted by molar-refractivity contribution is 0.0635. The van der Waals surface area contributed by atoms with Crippen LogP contribution in [-0.4, -0.2) is 41.5 Å². The average Bonchev–Trinajstić information content (AvgIpc) is 2.82. The largest absolute Gasteiger partial charge is 0.448 e. The van der Waals surface area contributed by atoms with Gasteiger partial charge in [0.05, 0.1) is 0 Å². The van der Waals surface area contributed by atoms with E-state index in [1.807, 2.05) is 4.90 Å². The number of hydrogen-bond donors (Lipinski definition) is 1. The molecule has 19 heavy (non-hydrogen) atoms. The first-order valence-corrected chi connectivity index (χ1v) is 6.65. The molecule has 0 radical (unpaired) electrons. The summed E-state index contributed by atoms with van der Waals surface area (Å²) in [4.78, 5) is 18.5. The SMILES string of the molecule is CCCN(C(=O)c1ncoc1C)C1CCNCC1.Cl. The molecule has 1 aromatic rings. The normalized spacial score (nSPS) is 15.9. The number of piperidine rings is 1. The molecule has 0 spiro atoms. The Labute approximate surface area is 120 Å². The number of aryl methyl sites for hydroxylation is 1. The first-order valence-electron chi connectivity index (χ1n) is 6.65. The smallest absolute Gasteiger partial charge is 0.276 e. The van der Waals surface area contributed by atoms with Crippen LogP contribution in [0.2, 0.25) is 0 Å². The van der Waals surface area contributed by atoms with Gasteiger partial charge in [0.15, 0.2) is 12.1 Å². The Morgan fingerprint density at radius 2 is 2.21 bits per heavy atom. The number of carbonyl (C=O) groups is 1. The molecule has 0 saturated carbocycles. The topological polar surface area (TPSA) is 58.4 Å². The molecule has 1 aliphatic heterocycles. The number of oxazole rings is 1. The van der Waals surface area contributed by atoms with Crippen molar-refractivity contribution < 1.29 is 9.21 Å². The van der Waals surface area contributed by atoms with Gasteiger partial charge in [-0.1, -0.05) is 6.92 Å². The van der Waals surface area contributed by atoms with Gasteiger partial charge in [-0.25, -0.2) is 4.98 Å². The van der Waals surface area contributed by atoms with Crippen molar-refractivity contribution in [2.45, 2.75) is 39.2 Å². The Balaban J connectivity index is 0.00000180. The fraction of sp³-hybridized carbons (Fsp3) is 0.692. The number of carbonyl (C=O) groups excluding carboxylic acids is 1. The Bertz CT molecular complexity index is 402. The number of aromatic nitrogens is 1. The number of rotatable bonds is 4. The molecule has 0 atom stereocenters. The van der Waals surface area contributed by atoms with Gasteiger partial charge in [0.2, 0.25) is 0 Å². The minimum absolute atomic E-state index is 0. The highest BCUT2D eigenvalue weighted by Crippen LogP contribution is 2.17. The lowest BCUT2D eigenvalue weighted by Gasteiger charge is -2.34. The van der Waals surface area contributed by atoms with Crippen LogP contribution in [0.1, 0.15) is 42.4 Å². The van der Waals surface area contributed by atoms with E-state index in [0.29, 0.717) is 17.5 Å². The van der Waals surface area contributed by atoms with Gasteiger partial charge >= 0.3 is 0 Å². The van der Waals surface area contributed by atoms with Crippen molar-refractivity contribution in [2.24, 2.45) is 0 Å². The Kier molecular flexibility index (Phi) is 6.31. The van der Waals surface area contributed by atoms with E-state index in [-0.39, 0.29) is 18.3 Å². The van der Waals surface area contributed by atoms with E-state index >= 15 is 0 Å². The highest BCUT2D eigenvalue weighted by atomic mass is 35.5. The standard InChI is InChI=1S/C13H21N3O2.ClH/c1-3-8-16(11-4-6-14-7-5-11)13(17)12-10(2)18-9-15-12;/h9,11,14H,3-8H2,1-2H3;1H. The second kappa shape index (κ2) is 7.50. The summed E-state index contributed by atoms with van der Waals surface area (Å²) in [5, 5.41) is 3.32.